The Labute approximate surface area is 240 Å². The van der Waals surface area contributed by atoms with Gasteiger partial charge in [-0.05, 0) is 56.4 Å². The summed E-state index contributed by atoms with van der Waals surface area (Å²) in [6.07, 6.45) is 7.76. The van der Waals surface area contributed by atoms with Gasteiger partial charge in [0.2, 0.25) is 0 Å². The second-order valence-electron chi connectivity index (χ2n) is 11.4. The van der Waals surface area contributed by atoms with Crippen LogP contribution >= 0.6 is 11.6 Å². The number of methoxy groups -OCH3 is 1. The molecule has 5 heterocycles. The average molecular weight is 568 g/mol. The minimum Gasteiger partial charge on any atom is -0.487 e. The van der Waals surface area contributed by atoms with Gasteiger partial charge in [0.25, 0.3) is 5.91 Å². The van der Waals surface area contributed by atoms with Crippen molar-refractivity contribution in [1.82, 2.24) is 14.9 Å². The highest BCUT2D eigenvalue weighted by atomic mass is 35.5. The van der Waals surface area contributed by atoms with Gasteiger partial charge in [0, 0.05) is 68.8 Å². The standard InChI is InChI=1S/C30H38ClN5O4/c1-20-27(29(37)36-12-6-23(7-13-36)34-24-8-16-39-18-26(24)38-2)32-19-33-28(20)35-14-10-30(11-15-35)9-5-21-17-22(31)3-4-25(21)40-30/h3-4,17,19,23,26H,5-16,18H2,1-2H3/t26-/m1/s1. The summed E-state index contributed by atoms with van der Waals surface area (Å²) in [7, 11) is 1.70. The third-order valence-electron chi connectivity index (χ3n) is 8.96. The lowest BCUT2D eigenvalue weighted by atomic mass is 9.83. The number of aryl methyl sites for hydroxylation is 1. The van der Waals surface area contributed by atoms with Crippen molar-refractivity contribution >= 4 is 29.0 Å². The van der Waals surface area contributed by atoms with Crippen LogP contribution in [0.15, 0.2) is 29.5 Å². The number of piperidine rings is 2. The molecule has 3 fully saturated rings. The molecule has 1 atom stereocenters. The summed E-state index contributed by atoms with van der Waals surface area (Å²) in [6, 6.07) is 6.12. The predicted octanol–water partition coefficient (Wildman–Crippen LogP) is 4.28. The highest BCUT2D eigenvalue weighted by Gasteiger charge is 2.40. The molecule has 3 saturated heterocycles. The van der Waals surface area contributed by atoms with Crippen LogP contribution in [0.3, 0.4) is 0 Å². The molecule has 6 rings (SSSR count). The first kappa shape index (κ1) is 27.4. The van der Waals surface area contributed by atoms with Crippen molar-refractivity contribution in [2.45, 2.75) is 69.6 Å². The third-order valence-corrected chi connectivity index (χ3v) is 9.20. The molecule has 4 aliphatic heterocycles. The van der Waals surface area contributed by atoms with Crippen molar-refractivity contribution in [2.75, 3.05) is 51.4 Å². The van der Waals surface area contributed by atoms with E-state index in [-0.39, 0.29) is 23.7 Å². The fourth-order valence-electron chi connectivity index (χ4n) is 6.50. The van der Waals surface area contributed by atoms with Gasteiger partial charge in [-0.3, -0.25) is 9.79 Å². The molecule has 0 aliphatic carbocycles. The molecule has 0 radical (unpaired) electrons. The molecule has 0 saturated carbocycles. The first-order valence-corrected chi connectivity index (χ1v) is 14.8. The molecule has 40 heavy (non-hydrogen) atoms. The molecule has 0 bridgehead atoms. The van der Waals surface area contributed by atoms with Gasteiger partial charge in [-0.1, -0.05) is 11.6 Å². The van der Waals surface area contributed by atoms with Crippen molar-refractivity contribution in [2.24, 2.45) is 4.99 Å². The highest BCUT2D eigenvalue weighted by Crippen LogP contribution is 2.41. The second kappa shape index (κ2) is 11.6. The average Bonchev–Trinajstić information content (AvgIpc) is 2.98. The molecule has 1 aromatic heterocycles. The molecule has 9 nitrogen and oxygen atoms in total. The van der Waals surface area contributed by atoms with E-state index >= 15 is 0 Å². The topological polar surface area (TPSA) is 89.4 Å². The van der Waals surface area contributed by atoms with Gasteiger partial charge in [-0.2, -0.15) is 0 Å². The van der Waals surface area contributed by atoms with Gasteiger partial charge >= 0.3 is 0 Å². The van der Waals surface area contributed by atoms with Crippen molar-refractivity contribution in [1.29, 1.82) is 0 Å². The summed E-state index contributed by atoms with van der Waals surface area (Å²) in [4.78, 5) is 31.8. The van der Waals surface area contributed by atoms with Crippen LogP contribution in [0.25, 0.3) is 0 Å². The first-order valence-electron chi connectivity index (χ1n) is 14.4. The highest BCUT2D eigenvalue weighted by molar-refractivity contribution is 6.30. The van der Waals surface area contributed by atoms with Gasteiger partial charge < -0.3 is 24.0 Å². The molecule has 1 aromatic carbocycles. The zero-order valence-electron chi connectivity index (χ0n) is 23.4. The number of rotatable bonds is 4. The first-order chi connectivity index (χ1) is 19.4. The second-order valence-corrected chi connectivity index (χ2v) is 11.8. The normalized spacial score (nSPS) is 24.2. The van der Waals surface area contributed by atoms with Crippen LogP contribution in [-0.2, 0) is 15.9 Å². The molecule has 2 aromatic rings. The minimum atomic E-state index is -0.154. The number of fused-ring (bicyclic) bond motifs is 1. The summed E-state index contributed by atoms with van der Waals surface area (Å²) in [6.45, 7) is 6.23. The maximum atomic E-state index is 13.5. The van der Waals surface area contributed by atoms with Crippen LogP contribution in [0.5, 0.6) is 5.75 Å². The van der Waals surface area contributed by atoms with E-state index in [0.29, 0.717) is 32.0 Å². The van der Waals surface area contributed by atoms with Crippen LogP contribution in [0.4, 0.5) is 5.82 Å². The summed E-state index contributed by atoms with van der Waals surface area (Å²) < 4.78 is 17.6. The van der Waals surface area contributed by atoms with E-state index in [0.717, 1.165) is 85.9 Å². The molecular formula is C30H38ClN5O4. The number of amides is 1. The van der Waals surface area contributed by atoms with Crippen LogP contribution < -0.4 is 9.64 Å². The summed E-state index contributed by atoms with van der Waals surface area (Å²) >= 11 is 6.18. The quantitative estimate of drug-likeness (QED) is 0.544. The Balaban J connectivity index is 1.08. The largest absolute Gasteiger partial charge is 0.487 e. The van der Waals surface area contributed by atoms with Crippen molar-refractivity contribution in [3.8, 4) is 5.75 Å². The van der Waals surface area contributed by atoms with Gasteiger partial charge in [-0.15, -0.1) is 0 Å². The molecule has 214 valence electrons. The SMILES string of the molecule is CO[C@@H]1COCCC1=NC1CCN(C(=O)c2ncnc(N3CCC4(CCc5cc(Cl)ccc5O4)CC3)c2C)CC1. The fraction of sp³-hybridized carbons (Fsp3) is 0.600. The lowest BCUT2D eigenvalue weighted by Gasteiger charge is -2.45. The zero-order valence-corrected chi connectivity index (χ0v) is 24.2. The Hall–Kier alpha value is -2.75. The molecule has 1 spiro atoms. The maximum absolute atomic E-state index is 13.5. The Kier molecular flexibility index (Phi) is 7.97. The Morgan fingerprint density at radius 3 is 2.70 bits per heavy atom. The van der Waals surface area contributed by atoms with Crippen LogP contribution in [0, 0.1) is 6.92 Å². The van der Waals surface area contributed by atoms with E-state index in [9.17, 15) is 4.79 Å². The lowest BCUT2D eigenvalue weighted by molar-refractivity contribution is 0.0224. The monoisotopic (exact) mass is 567 g/mol. The summed E-state index contributed by atoms with van der Waals surface area (Å²) in [5.41, 5.74) is 3.47. The van der Waals surface area contributed by atoms with Gasteiger partial charge in [0.15, 0.2) is 0 Å². The molecule has 0 N–H and O–H groups in total. The number of aliphatic imine (C=N–C) groups is 1. The van der Waals surface area contributed by atoms with E-state index in [1.165, 1.54) is 11.9 Å². The molecular weight excluding hydrogens is 530 g/mol. The van der Waals surface area contributed by atoms with Crippen molar-refractivity contribution in [3.05, 3.63) is 46.4 Å². The van der Waals surface area contributed by atoms with E-state index in [1.54, 1.807) is 7.11 Å². The lowest BCUT2D eigenvalue weighted by Crippen LogP contribution is -2.50. The van der Waals surface area contributed by atoms with E-state index in [2.05, 4.69) is 14.9 Å². The van der Waals surface area contributed by atoms with E-state index in [4.69, 9.17) is 30.8 Å². The smallest absolute Gasteiger partial charge is 0.272 e. The number of halogens is 1. The maximum Gasteiger partial charge on any atom is 0.272 e. The number of ether oxygens (including phenoxy) is 3. The molecule has 4 aliphatic rings. The van der Waals surface area contributed by atoms with Gasteiger partial charge in [0.05, 0.1) is 19.3 Å². The molecule has 1 amide bonds. The Bertz CT molecular complexity index is 1270. The van der Waals surface area contributed by atoms with Crippen LogP contribution in [0.2, 0.25) is 5.02 Å². The number of aromatic nitrogens is 2. The van der Waals surface area contributed by atoms with Crippen molar-refractivity contribution < 1.29 is 19.0 Å². The molecule has 10 heteroatoms. The van der Waals surface area contributed by atoms with E-state index < -0.39 is 0 Å². The number of nitrogens with zero attached hydrogens (tertiary/aromatic N) is 5. The summed E-state index contributed by atoms with van der Waals surface area (Å²) in [5.74, 6) is 1.78. The van der Waals surface area contributed by atoms with Crippen LogP contribution in [-0.4, -0.2) is 90.7 Å². The number of anilines is 1. The summed E-state index contributed by atoms with van der Waals surface area (Å²) in [5, 5.41) is 0.756. The van der Waals surface area contributed by atoms with Crippen LogP contribution in [0.1, 0.15) is 60.1 Å². The number of hydrogen-bond acceptors (Lipinski definition) is 8. The predicted molar refractivity (Wildman–Crippen MR) is 154 cm³/mol. The van der Waals surface area contributed by atoms with Gasteiger partial charge in [-0.25, -0.2) is 9.97 Å². The molecule has 0 unspecified atom stereocenters. The number of carbonyl (C=O) groups excluding carboxylic acids is 1. The van der Waals surface area contributed by atoms with E-state index in [1.807, 2.05) is 30.0 Å². The number of likely N-dealkylation sites (tertiary alicyclic amines) is 1. The number of hydrogen-bond donors (Lipinski definition) is 0. The Morgan fingerprint density at radius 1 is 1.12 bits per heavy atom. The zero-order chi connectivity index (χ0) is 27.7. The van der Waals surface area contributed by atoms with Crippen molar-refractivity contribution in [3.63, 3.8) is 0 Å². The number of carbonyl (C=O) groups is 1. The fourth-order valence-corrected chi connectivity index (χ4v) is 6.70. The number of benzene rings is 1. The third kappa shape index (κ3) is 5.56. The van der Waals surface area contributed by atoms with Gasteiger partial charge in [0.1, 0.15) is 35.3 Å². The minimum absolute atomic E-state index is 0.0209. The Morgan fingerprint density at radius 2 is 1.93 bits per heavy atom.